The number of hydrogen-bond donors (Lipinski definition) is 0. The molecule has 10 aromatic carbocycles. The number of benzene rings is 10. The maximum atomic E-state index is 6.29. The summed E-state index contributed by atoms with van der Waals surface area (Å²) in [6, 6.07) is 79.4. The number of anilines is 3. The van der Waals surface area contributed by atoms with Crippen molar-refractivity contribution in [2.45, 2.75) is 13.3 Å². The molecular weight excluding hydrogens is 787 g/mol. The first kappa shape index (κ1) is 38.5. The van der Waals surface area contributed by atoms with Crippen LogP contribution in [0, 0.1) is 5.92 Å². The molecule has 1 aromatic heterocycles. The topological polar surface area (TPSA) is 16.4 Å². The van der Waals surface area contributed by atoms with E-state index in [0.717, 1.165) is 62.1 Å². The highest BCUT2D eigenvalue weighted by Gasteiger charge is 2.23. The van der Waals surface area contributed by atoms with E-state index >= 15 is 0 Å². The van der Waals surface area contributed by atoms with E-state index in [4.69, 9.17) is 4.42 Å². The van der Waals surface area contributed by atoms with Gasteiger partial charge in [-0.15, -0.1) is 0 Å². The van der Waals surface area contributed by atoms with Crippen LogP contribution in [-0.2, 0) is 0 Å². The van der Waals surface area contributed by atoms with Gasteiger partial charge in [0.2, 0.25) is 0 Å². The number of fused-ring (bicyclic) bond motifs is 5. The maximum absolute atomic E-state index is 6.29. The summed E-state index contributed by atoms with van der Waals surface area (Å²) >= 11 is 0. The second-order valence-corrected chi connectivity index (χ2v) is 17.3. The van der Waals surface area contributed by atoms with E-state index in [1.807, 2.05) is 12.1 Å². The summed E-state index contributed by atoms with van der Waals surface area (Å²) in [6.07, 6.45) is 8.12. The lowest BCUT2D eigenvalue weighted by Gasteiger charge is -2.30. The Hall–Kier alpha value is -8.20. The Bertz CT molecular complexity index is 3630. The third kappa shape index (κ3) is 6.92. The molecule has 1 aliphatic carbocycles. The average molecular weight is 832 g/mol. The van der Waals surface area contributed by atoms with E-state index in [0.29, 0.717) is 5.92 Å². The number of para-hydroxylation sites is 3. The van der Waals surface area contributed by atoms with Crippen LogP contribution in [0.2, 0.25) is 0 Å². The van der Waals surface area contributed by atoms with Gasteiger partial charge in [-0.3, -0.25) is 0 Å². The Morgan fingerprint density at radius 3 is 1.75 bits per heavy atom. The Morgan fingerprint density at radius 1 is 0.415 bits per heavy atom. The average Bonchev–Trinajstić information content (AvgIpc) is 3.75. The van der Waals surface area contributed by atoms with Crippen LogP contribution in [0.25, 0.3) is 93.6 Å². The number of nitrogens with zero attached hydrogens (tertiary/aromatic N) is 1. The predicted octanol–water partition coefficient (Wildman–Crippen LogP) is 18.0. The minimum atomic E-state index is 0.487. The quantitative estimate of drug-likeness (QED) is 0.152. The van der Waals surface area contributed by atoms with E-state index in [1.165, 1.54) is 60.5 Å². The molecule has 0 fully saturated rings. The minimum absolute atomic E-state index is 0.487. The zero-order chi connectivity index (χ0) is 43.3. The molecule has 12 rings (SSSR count). The van der Waals surface area contributed by atoms with Crippen molar-refractivity contribution in [1.29, 1.82) is 0 Å². The van der Waals surface area contributed by atoms with Crippen LogP contribution in [0.3, 0.4) is 0 Å². The molecule has 0 bridgehead atoms. The second kappa shape index (κ2) is 16.2. The molecule has 11 aromatic rings. The van der Waals surface area contributed by atoms with Crippen molar-refractivity contribution < 1.29 is 4.42 Å². The molecule has 1 unspecified atom stereocenters. The van der Waals surface area contributed by atoms with Crippen LogP contribution in [0.4, 0.5) is 17.1 Å². The summed E-state index contributed by atoms with van der Waals surface area (Å²) in [5.74, 6) is 0.487. The Morgan fingerprint density at radius 2 is 0.969 bits per heavy atom. The summed E-state index contributed by atoms with van der Waals surface area (Å²) in [5.41, 5.74) is 17.0. The van der Waals surface area contributed by atoms with Gasteiger partial charge in [-0.25, -0.2) is 0 Å². The van der Waals surface area contributed by atoms with Crippen LogP contribution < -0.4 is 4.90 Å². The monoisotopic (exact) mass is 831 g/mol. The zero-order valence-corrected chi connectivity index (χ0v) is 36.2. The van der Waals surface area contributed by atoms with Gasteiger partial charge in [0.1, 0.15) is 11.2 Å². The molecule has 1 heterocycles. The van der Waals surface area contributed by atoms with Crippen molar-refractivity contribution in [3.8, 4) is 44.5 Å². The maximum Gasteiger partial charge on any atom is 0.135 e. The Kier molecular flexibility index (Phi) is 9.57. The lowest BCUT2D eigenvalue weighted by Crippen LogP contribution is -2.12. The van der Waals surface area contributed by atoms with Crippen molar-refractivity contribution in [2.75, 3.05) is 4.90 Å². The largest absolute Gasteiger partial charge is 0.456 e. The number of furan rings is 1. The van der Waals surface area contributed by atoms with Gasteiger partial charge in [-0.05, 0) is 121 Å². The fourth-order valence-corrected chi connectivity index (χ4v) is 10.1. The van der Waals surface area contributed by atoms with E-state index in [2.05, 4.69) is 236 Å². The normalized spacial score (nSPS) is 13.7. The molecule has 1 aliphatic rings. The first-order valence-electron chi connectivity index (χ1n) is 22.6. The van der Waals surface area contributed by atoms with Gasteiger partial charge in [-0.1, -0.05) is 201 Å². The zero-order valence-electron chi connectivity index (χ0n) is 36.2. The number of allylic oxidation sites excluding steroid dienone is 4. The highest BCUT2D eigenvalue weighted by Crippen LogP contribution is 2.48. The van der Waals surface area contributed by atoms with Crippen molar-refractivity contribution in [1.82, 2.24) is 0 Å². The standard InChI is InChI=1S/C63H45NO/c1-42-14-10-19-48(40-42)54-25-12-17-47-18-13-26-57(63(47)54)55-22-5-8-28-60(55)64(59-27-7-4-21-53(59)49-36-39-62-58(41-49)56-23-6-9-29-61(56)65-62)50-37-34-44(35-38-50)43-30-32-46(33-31-43)52-24-11-16-45-15-2-3-20-51(45)52/h2-13,15-42H,14H2,1H3. The lowest BCUT2D eigenvalue weighted by molar-refractivity contribution is 0.669. The van der Waals surface area contributed by atoms with E-state index in [1.54, 1.807) is 0 Å². The fraction of sp³-hybridized carbons (Fsp3) is 0.0476. The Balaban J connectivity index is 1.02. The summed E-state index contributed by atoms with van der Waals surface area (Å²) in [5, 5.41) is 7.24. The smallest absolute Gasteiger partial charge is 0.135 e. The first-order valence-corrected chi connectivity index (χ1v) is 22.6. The van der Waals surface area contributed by atoms with Crippen molar-refractivity contribution >= 4 is 66.1 Å². The van der Waals surface area contributed by atoms with Crippen LogP contribution in [-0.4, -0.2) is 0 Å². The third-order valence-corrected chi connectivity index (χ3v) is 13.2. The van der Waals surface area contributed by atoms with Crippen LogP contribution >= 0.6 is 0 Å². The van der Waals surface area contributed by atoms with Crippen molar-refractivity contribution in [2.24, 2.45) is 5.92 Å². The van der Waals surface area contributed by atoms with Crippen LogP contribution in [0.1, 0.15) is 18.9 Å². The molecule has 0 amide bonds. The van der Waals surface area contributed by atoms with Gasteiger partial charge in [0.15, 0.2) is 0 Å². The van der Waals surface area contributed by atoms with Gasteiger partial charge < -0.3 is 9.32 Å². The van der Waals surface area contributed by atoms with Gasteiger partial charge in [0.05, 0.1) is 11.4 Å². The van der Waals surface area contributed by atoms with E-state index in [-0.39, 0.29) is 0 Å². The SMILES string of the molecule is CC1C=C(c2cccc3cccc(-c4ccccc4N(c4ccc(-c5ccc(-c6cccc7ccccc67)cc5)cc4)c4ccccc4-c4ccc5oc6ccccc6c5c4)c23)C=CC1. The molecule has 0 radical (unpaired) electrons. The first-order chi connectivity index (χ1) is 32.1. The van der Waals surface area contributed by atoms with Crippen LogP contribution in [0.5, 0.6) is 0 Å². The molecule has 65 heavy (non-hydrogen) atoms. The van der Waals surface area contributed by atoms with Gasteiger partial charge in [0.25, 0.3) is 0 Å². The Labute approximate surface area is 379 Å². The van der Waals surface area contributed by atoms with Gasteiger partial charge >= 0.3 is 0 Å². The van der Waals surface area contributed by atoms with Gasteiger partial charge in [0, 0.05) is 27.6 Å². The summed E-state index contributed by atoms with van der Waals surface area (Å²) in [7, 11) is 0. The molecule has 0 aliphatic heterocycles. The molecule has 2 nitrogen and oxygen atoms in total. The summed E-state index contributed by atoms with van der Waals surface area (Å²) in [6.45, 7) is 2.31. The molecule has 0 spiro atoms. The van der Waals surface area contributed by atoms with Crippen LogP contribution in [0.15, 0.2) is 241 Å². The van der Waals surface area contributed by atoms with E-state index in [9.17, 15) is 0 Å². The fourth-order valence-electron chi connectivity index (χ4n) is 10.1. The molecule has 1 atom stereocenters. The molecule has 0 N–H and O–H groups in total. The second-order valence-electron chi connectivity index (χ2n) is 17.3. The predicted molar refractivity (Wildman–Crippen MR) is 276 cm³/mol. The summed E-state index contributed by atoms with van der Waals surface area (Å²) in [4.78, 5) is 2.46. The van der Waals surface area contributed by atoms with Crippen molar-refractivity contribution in [3.63, 3.8) is 0 Å². The molecule has 308 valence electrons. The molecule has 2 heteroatoms. The highest BCUT2D eigenvalue weighted by atomic mass is 16.3. The third-order valence-electron chi connectivity index (χ3n) is 13.2. The molecule has 0 saturated heterocycles. The number of hydrogen-bond acceptors (Lipinski definition) is 2. The van der Waals surface area contributed by atoms with Gasteiger partial charge in [-0.2, -0.15) is 0 Å². The lowest BCUT2D eigenvalue weighted by atomic mass is 9.87. The summed E-state index contributed by atoms with van der Waals surface area (Å²) < 4.78 is 6.29. The van der Waals surface area contributed by atoms with E-state index < -0.39 is 0 Å². The molecular formula is C63H45NO. The number of rotatable bonds is 8. The minimum Gasteiger partial charge on any atom is -0.456 e. The highest BCUT2D eigenvalue weighted by molar-refractivity contribution is 6.09. The van der Waals surface area contributed by atoms with Crippen molar-refractivity contribution in [3.05, 3.63) is 242 Å². The molecule has 0 saturated carbocycles.